The van der Waals surface area contributed by atoms with Crippen LogP contribution in [0.4, 0.5) is 0 Å². The van der Waals surface area contributed by atoms with E-state index in [1.165, 1.54) is 11.0 Å². The number of hydrogen-bond acceptors (Lipinski definition) is 3. The minimum Gasteiger partial charge on any atom is -0.323 e. The highest BCUT2D eigenvalue weighted by Gasteiger charge is 2.00. The van der Waals surface area contributed by atoms with Crippen molar-refractivity contribution >= 4 is 12.3 Å². The number of rotatable bonds is 3. The van der Waals surface area contributed by atoms with Crippen LogP contribution in [-0.4, -0.2) is 16.1 Å². The topological polar surface area (TPSA) is 56.2 Å². The lowest BCUT2D eigenvalue weighted by molar-refractivity contribution is 0.829. The first-order valence-electron chi connectivity index (χ1n) is 3.39. The van der Waals surface area contributed by atoms with Crippen molar-refractivity contribution in [2.75, 3.05) is 5.84 Å². The molecule has 62 valence electrons. The normalized spacial score (nSPS) is 10.3. The SMILES string of the molecule is C=CN=Cc1nn(N)cc1C=C. The van der Waals surface area contributed by atoms with E-state index in [4.69, 9.17) is 5.84 Å². The average Bonchev–Trinajstić information content (AvgIpc) is 2.42. The summed E-state index contributed by atoms with van der Waals surface area (Å²) in [6, 6.07) is 0. The van der Waals surface area contributed by atoms with E-state index in [1.54, 1.807) is 18.5 Å². The molecule has 0 bridgehead atoms. The van der Waals surface area contributed by atoms with Gasteiger partial charge in [-0.15, -0.1) is 0 Å². The molecule has 1 aromatic heterocycles. The smallest absolute Gasteiger partial charge is 0.113 e. The Bertz CT molecular complexity index is 322. The molecule has 0 aromatic carbocycles. The summed E-state index contributed by atoms with van der Waals surface area (Å²) in [4.78, 5) is 5.05. The lowest BCUT2D eigenvalue weighted by atomic mass is 10.2. The van der Waals surface area contributed by atoms with Crippen molar-refractivity contribution in [1.29, 1.82) is 0 Å². The van der Waals surface area contributed by atoms with Crippen LogP contribution in [0.2, 0.25) is 0 Å². The molecule has 0 fully saturated rings. The van der Waals surface area contributed by atoms with Gasteiger partial charge in [0.15, 0.2) is 0 Å². The summed E-state index contributed by atoms with van der Waals surface area (Å²) >= 11 is 0. The van der Waals surface area contributed by atoms with Gasteiger partial charge in [-0.3, -0.25) is 4.99 Å². The Balaban J connectivity index is 3.04. The summed E-state index contributed by atoms with van der Waals surface area (Å²) < 4.78 is 0. The molecular weight excluding hydrogens is 152 g/mol. The van der Waals surface area contributed by atoms with Crippen LogP contribution in [0, 0.1) is 0 Å². The van der Waals surface area contributed by atoms with Gasteiger partial charge in [-0.2, -0.15) is 9.89 Å². The van der Waals surface area contributed by atoms with Crippen LogP contribution in [-0.2, 0) is 0 Å². The summed E-state index contributed by atoms with van der Waals surface area (Å²) in [6.07, 6.45) is 6.34. The maximum absolute atomic E-state index is 5.40. The van der Waals surface area contributed by atoms with Crippen molar-refractivity contribution < 1.29 is 0 Å². The van der Waals surface area contributed by atoms with Gasteiger partial charge < -0.3 is 5.84 Å². The van der Waals surface area contributed by atoms with Crippen LogP contribution in [0.1, 0.15) is 11.3 Å². The van der Waals surface area contributed by atoms with Crippen LogP contribution in [0.3, 0.4) is 0 Å². The summed E-state index contributed by atoms with van der Waals surface area (Å²) in [7, 11) is 0. The predicted octanol–water partition coefficient (Wildman–Crippen LogP) is 0.802. The highest BCUT2D eigenvalue weighted by atomic mass is 15.5. The highest BCUT2D eigenvalue weighted by molar-refractivity contribution is 5.82. The zero-order valence-corrected chi connectivity index (χ0v) is 6.64. The van der Waals surface area contributed by atoms with Gasteiger partial charge in [0.05, 0.1) is 12.4 Å². The lowest BCUT2D eigenvalue weighted by Crippen LogP contribution is -2.08. The van der Waals surface area contributed by atoms with E-state index in [2.05, 4.69) is 23.2 Å². The Morgan fingerprint density at radius 3 is 2.92 bits per heavy atom. The molecule has 4 nitrogen and oxygen atoms in total. The molecule has 2 N–H and O–H groups in total. The van der Waals surface area contributed by atoms with Gasteiger partial charge in [-0.1, -0.05) is 19.2 Å². The summed E-state index contributed by atoms with van der Waals surface area (Å²) in [5.74, 6) is 5.40. The number of hydrogen-bond donors (Lipinski definition) is 1. The molecule has 0 aliphatic heterocycles. The fraction of sp³-hybridized carbons (Fsp3) is 0. The van der Waals surface area contributed by atoms with E-state index in [9.17, 15) is 0 Å². The molecule has 0 amide bonds. The average molecular weight is 162 g/mol. The summed E-state index contributed by atoms with van der Waals surface area (Å²) in [5.41, 5.74) is 1.54. The van der Waals surface area contributed by atoms with Crippen molar-refractivity contribution in [2.45, 2.75) is 0 Å². The lowest BCUT2D eigenvalue weighted by Gasteiger charge is -1.84. The van der Waals surface area contributed by atoms with E-state index in [0.717, 1.165) is 5.56 Å². The van der Waals surface area contributed by atoms with E-state index in [0.29, 0.717) is 5.69 Å². The predicted molar refractivity (Wildman–Crippen MR) is 50.3 cm³/mol. The number of nitrogens with two attached hydrogens (primary N) is 1. The zero-order chi connectivity index (χ0) is 8.97. The quantitative estimate of drug-likeness (QED) is 0.528. The Kier molecular flexibility index (Phi) is 2.42. The second-order valence-corrected chi connectivity index (χ2v) is 2.11. The first-order chi connectivity index (χ1) is 5.77. The Labute approximate surface area is 70.7 Å². The third-order valence-corrected chi connectivity index (χ3v) is 1.31. The van der Waals surface area contributed by atoms with Gasteiger partial charge in [0.2, 0.25) is 0 Å². The second kappa shape index (κ2) is 3.52. The molecule has 0 radical (unpaired) electrons. The van der Waals surface area contributed by atoms with E-state index < -0.39 is 0 Å². The highest BCUT2D eigenvalue weighted by Crippen LogP contribution is 2.03. The zero-order valence-electron chi connectivity index (χ0n) is 6.64. The molecule has 0 saturated heterocycles. The number of aliphatic imine (C=N–C) groups is 1. The molecule has 0 saturated carbocycles. The van der Waals surface area contributed by atoms with Gasteiger partial charge in [-0.25, -0.2) is 0 Å². The molecule has 0 unspecified atom stereocenters. The monoisotopic (exact) mass is 162 g/mol. The Hall–Kier alpha value is -1.84. The van der Waals surface area contributed by atoms with Crippen LogP contribution >= 0.6 is 0 Å². The molecule has 1 aromatic rings. The van der Waals surface area contributed by atoms with Crippen molar-refractivity contribution in [3.8, 4) is 0 Å². The third kappa shape index (κ3) is 1.60. The van der Waals surface area contributed by atoms with Gasteiger partial charge in [0, 0.05) is 11.8 Å². The summed E-state index contributed by atoms with van der Waals surface area (Å²) in [5, 5.41) is 3.95. The van der Waals surface area contributed by atoms with Crippen molar-refractivity contribution in [2.24, 2.45) is 4.99 Å². The fourth-order valence-corrected chi connectivity index (χ4v) is 0.801. The van der Waals surface area contributed by atoms with Crippen molar-refractivity contribution in [1.82, 2.24) is 9.89 Å². The minimum absolute atomic E-state index is 0.687. The third-order valence-electron chi connectivity index (χ3n) is 1.31. The van der Waals surface area contributed by atoms with Gasteiger partial charge >= 0.3 is 0 Å². The molecule has 1 heterocycles. The molecule has 0 atom stereocenters. The van der Waals surface area contributed by atoms with E-state index in [-0.39, 0.29) is 0 Å². The second-order valence-electron chi connectivity index (χ2n) is 2.11. The fourth-order valence-electron chi connectivity index (χ4n) is 0.801. The van der Waals surface area contributed by atoms with Crippen molar-refractivity contribution in [3.63, 3.8) is 0 Å². The molecule has 12 heavy (non-hydrogen) atoms. The maximum atomic E-state index is 5.40. The summed E-state index contributed by atoms with van der Waals surface area (Å²) in [6.45, 7) is 7.07. The molecule has 0 aliphatic carbocycles. The molecule has 0 spiro atoms. The number of aromatic nitrogens is 2. The van der Waals surface area contributed by atoms with Gasteiger partial charge in [-0.05, 0) is 0 Å². The van der Waals surface area contributed by atoms with Gasteiger partial charge in [0.1, 0.15) is 5.69 Å². The first kappa shape index (κ1) is 8.26. The molecule has 1 rings (SSSR count). The van der Waals surface area contributed by atoms with Crippen LogP contribution in [0.5, 0.6) is 0 Å². The minimum atomic E-state index is 0.687. The number of nitrogens with zero attached hydrogens (tertiary/aromatic N) is 3. The Morgan fingerprint density at radius 2 is 2.33 bits per heavy atom. The number of nitrogen functional groups attached to an aromatic ring is 1. The largest absolute Gasteiger partial charge is 0.323 e. The molecule has 4 heteroatoms. The molecular formula is C8H10N4. The van der Waals surface area contributed by atoms with Gasteiger partial charge in [0.25, 0.3) is 0 Å². The molecule has 0 aliphatic rings. The van der Waals surface area contributed by atoms with E-state index >= 15 is 0 Å². The van der Waals surface area contributed by atoms with Crippen LogP contribution in [0.15, 0.2) is 30.5 Å². The van der Waals surface area contributed by atoms with Crippen molar-refractivity contribution in [3.05, 3.63) is 36.8 Å². The Morgan fingerprint density at radius 1 is 1.58 bits per heavy atom. The first-order valence-corrected chi connectivity index (χ1v) is 3.39. The maximum Gasteiger partial charge on any atom is 0.113 e. The van der Waals surface area contributed by atoms with Crippen LogP contribution < -0.4 is 5.84 Å². The standard InChI is InChI=1S/C8H10N4/c1-3-7-6-12(9)11-8(7)5-10-4-2/h3-6H,1-2,9H2. The van der Waals surface area contributed by atoms with Crippen LogP contribution in [0.25, 0.3) is 6.08 Å². The van der Waals surface area contributed by atoms with E-state index in [1.807, 2.05) is 0 Å².